The van der Waals surface area contributed by atoms with E-state index in [0.717, 1.165) is 18.5 Å². The van der Waals surface area contributed by atoms with Crippen LogP contribution in [0, 0.1) is 0 Å². The van der Waals surface area contributed by atoms with Crippen molar-refractivity contribution >= 4 is 24.0 Å². The van der Waals surface area contributed by atoms with Gasteiger partial charge < -0.3 is 0 Å². The van der Waals surface area contributed by atoms with Crippen molar-refractivity contribution in [2.24, 2.45) is 4.99 Å². The van der Waals surface area contributed by atoms with Crippen LogP contribution in [0.3, 0.4) is 0 Å². The Balaban J connectivity index is 2.67. The van der Waals surface area contributed by atoms with Gasteiger partial charge in [0.05, 0.1) is 5.36 Å². The van der Waals surface area contributed by atoms with Gasteiger partial charge in [0.15, 0.2) is 5.78 Å². The number of ketones is 1. The van der Waals surface area contributed by atoms with Crippen LogP contribution in [-0.2, 0) is 0 Å². The molecule has 0 amide bonds. The average Bonchev–Trinajstić information content (AvgIpc) is 2.20. The van der Waals surface area contributed by atoms with Gasteiger partial charge in [-0.25, -0.2) is 0 Å². The Labute approximate surface area is 99.0 Å². The first-order chi connectivity index (χ1) is 7.61. The monoisotopic (exact) mass is 233 g/mol. The van der Waals surface area contributed by atoms with Gasteiger partial charge in [-0.05, 0) is 23.8 Å². The van der Waals surface area contributed by atoms with Crippen LogP contribution in [0.5, 0.6) is 0 Å². The third-order valence-corrected chi connectivity index (χ3v) is 2.70. The van der Waals surface area contributed by atoms with Crippen LogP contribution in [0.2, 0.25) is 5.02 Å². The molecule has 0 bridgehead atoms. The van der Waals surface area contributed by atoms with Crippen molar-refractivity contribution in [2.45, 2.75) is 19.8 Å². The smallest absolute Gasteiger partial charge is 0.189 e. The SMILES string of the molecule is C=c1cc(Cl)cc2c1=NC(CCC)=CC2=O. The van der Waals surface area contributed by atoms with E-state index in [1.165, 1.54) is 0 Å². The quantitative estimate of drug-likeness (QED) is 0.771. The topological polar surface area (TPSA) is 29.4 Å². The van der Waals surface area contributed by atoms with E-state index in [0.29, 0.717) is 21.2 Å². The van der Waals surface area contributed by atoms with Crippen molar-refractivity contribution in [1.29, 1.82) is 0 Å². The summed E-state index contributed by atoms with van der Waals surface area (Å²) in [6.07, 6.45) is 3.37. The lowest BCUT2D eigenvalue weighted by Crippen LogP contribution is -2.32. The van der Waals surface area contributed by atoms with E-state index in [4.69, 9.17) is 11.6 Å². The van der Waals surface area contributed by atoms with E-state index >= 15 is 0 Å². The molecule has 1 aromatic carbocycles. The highest BCUT2D eigenvalue weighted by atomic mass is 35.5. The molecule has 0 spiro atoms. The summed E-state index contributed by atoms with van der Waals surface area (Å²) in [6, 6.07) is 3.38. The number of nitrogens with zero attached hydrogens (tertiary/aromatic N) is 1. The largest absolute Gasteiger partial charge is 0.289 e. The third-order valence-electron chi connectivity index (χ3n) is 2.48. The van der Waals surface area contributed by atoms with E-state index < -0.39 is 0 Å². The van der Waals surface area contributed by atoms with Gasteiger partial charge in [-0.1, -0.05) is 31.5 Å². The fourth-order valence-corrected chi connectivity index (χ4v) is 2.01. The number of fused-ring (bicyclic) bond motifs is 1. The van der Waals surface area contributed by atoms with Crippen LogP contribution in [0.15, 0.2) is 28.9 Å². The molecule has 0 N–H and O–H groups in total. The highest BCUT2D eigenvalue weighted by molar-refractivity contribution is 6.31. The predicted octanol–water partition coefficient (Wildman–Crippen LogP) is 2.25. The number of hydrogen-bond acceptors (Lipinski definition) is 2. The number of hydrogen-bond donors (Lipinski definition) is 0. The van der Waals surface area contributed by atoms with Gasteiger partial charge in [-0.3, -0.25) is 9.79 Å². The van der Waals surface area contributed by atoms with Crippen molar-refractivity contribution in [1.82, 2.24) is 0 Å². The van der Waals surface area contributed by atoms with Crippen LogP contribution in [0.4, 0.5) is 0 Å². The van der Waals surface area contributed by atoms with E-state index in [1.807, 2.05) is 0 Å². The first-order valence-corrected chi connectivity index (χ1v) is 5.61. The molecule has 0 fully saturated rings. The Bertz CT molecular complexity index is 587. The molecule has 2 nitrogen and oxygen atoms in total. The van der Waals surface area contributed by atoms with Crippen molar-refractivity contribution in [3.63, 3.8) is 0 Å². The maximum atomic E-state index is 11.9. The Morgan fingerprint density at radius 1 is 1.44 bits per heavy atom. The minimum Gasteiger partial charge on any atom is -0.289 e. The average molecular weight is 234 g/mol. The van der Waals surface area contributed by atoms with E-state index in [-0.39, 0.29) is 5.78 Å². The summed E-state index contributed by atoms with van der Waals surface area (Å²) < 4.78 is 0. The van der Waals surface area contributed by atoms with Gasteiger partial charge in [0.1, 0.15) is 0 Å². The number of halogens is 1. The summed E-state index contributed by atoms with van der Waals surface area (Å²) in [6.45, 7) is 5.92. The highest BCUT2D eigenvalue weighted by Gasteiger charge is 2.13. The van der Waals surface area contributed by atoms with E-state index in [1.54, 1.807) is 18.2 Å². The predicted molar refractivity (Wildman–Crippen MR) is 65.1 cm³/mol. The normalized spacial score (nSPS) is 14.1. The molecular formula is C13H12ClNO. The molecule has 82 valence electrons. The van der Waals surface area contributed by atoms with Crippen molar-refractivity contribution < 1.29 is 4.79 Å². The molecule has 3 heteroatoms. The van der Waals surface area contributed by atoms with Gasteiger partial charge in [0, 0.05) is 22.4 Å². The van der Waals surface area contributed by atoms with Crippen LogP contribution >= 0.6 is 11.6 Å². The zero-order chi connectivity index (χ0) is 11.7. The molecule has 0 atom stereocenters. The Morgan fingerprint density at radius 2 is 2.19 bits per heavy atom. The lowest BCUT2D eigenvalue weighted by molar-refractivity contribution is 0.104. The number of benzene rings is 1. The van der Waals surface area contributed by atoms with E-state index in [9.17, 15) is 4.79 Å². The molecule has 0 aromatic heterocycles. The molecule has 0 radical (unpaired) electrons. The van der Waals surface area contributed by atoms with Gasteiger partial charge in [-0.15, -0.1) is 0 Å². The molecule has 0 saturated carbocycles. The van der Waals surface area contributed by atoms with Crippen molar-refractivity contribution in [3.8, 4) is 0 Å². The number of carbonyl (C=O) groups is 1. The van der Waals surface area contributed by atoms with Crippen molar-refractivity contribution in [3.05, 3.63) is 45.1 Å². The third kappa shape index (κ3) is 1.93. The molecule has 1 aliphatic heterocycles. The van der Waals surface area contributed by atoms with Crippen LogP contribution in [-0.4, -0.2) is 5.78 Å². The standard InChI is InChI=1S/C13H12ClNO/c1-3-4-10-7-12(16)11-6-9(14)5-8(2)13(11)15-10/h5-7H,2-4H2,1H3. The zero-order valence-corrected chi connectivity index (χ0v) is 9.84. The first kappa shape index (κ1) is 11.1. The summed E-state index contributed by atoms with van der Waals surface area (Å²) >= 11 is 5.89. The summed E-state index contributed by atoms with van der Waals surface area (Å²) in [7, 11) is 0. The maximum Gasteiger partial charge on any atom is 0.189 e. The lowest BCUT2D eigenvalue weighted by atomic mass is 10.0. The number of rotatable bonds is 2. The first-order valence-electron chi connectivity index (χ1n) is 5.24. The fraction of sp³-hybridized carbons (Fsp3) is 0.231. The lowest BCUT2D eigenvalue weighted by Gasteiger charge is -2.08. The second-order valence-electron chi connectivity index (χ2n) is 3.82. The maximum absolute atomic E-state index is 11.9. The Morgan fingerprint density at radius 3 is 2.88 bits per heavy atom. The van der Waals surface area contributed by atoms with Gasteiger partial charge in [0.25, 0.3) is 0 Å². The van der Waals surface area contributed by atoms with Crippen LogP contribution < -0.4 is 10.6 Å². The summed E-state index contributed by atoms with van der Waals surface area (Å²) in [5.41, 5.74) is 1.38. The molecule has 16 heavy (non-hydrogen) atoms. The van der Waals surface area contributed by atoms with Gasteiger partial charge >= 0.3 is 0 Å². The minimum atomic E-state index is -0.0270. The zero-order valence-electron chi connectivity index (χ0n) is 9.09. The fourth-order valence-electron chi connectivity index (χ4n) is 1.76. The van der Waals surface area contributed by atoms with Gasteiger partial charge in [-0.2, -0.15) is 0 Å². The molecule has 2 rings (SSSR count). The molecule has 0 aliphatic carbocycles. The number of allylic oxidation sites excluding steroid dienone is 2. The molecule has 1 aliphatic rings. The van der Waals surface area contributed by atoms with Crippen LogP contribution in [0.1, 0.15) is 30.1 Å². The Hall–Kier alpha value is -1.41. The molecule has 1 aromatic rings. The van der Waals surface area contributed by atoms with Crippen molar-refractivity contribution in [2.75, 3.05) is 0 Å². The molecule has 0 saturated heterocycles. The summed E-state index contributed by atoms with van der Waals surface area (Å²) in [4.78, 5) is 16.3. The Kier molecular flexibility index (Phi) is 2.92. The number of carbonyl (C=O) groups excluding carboxylic acids is 1. The minimum absolute atomic E-state index is 0.0270. The van der Waals surface area contributed by atoms with Gasteiger partial charge in [0.2, 0.25) is 0 Å². The highest BCUT2D eigenvalue weighted by Crippen LogP contribution is 2.13. The summed E-state index contributed by atoms with van der Waals surface area (Å²) in [5.74, 6) is -0.0270. The summed E-state index contributed by atoms with van der Waals surface area (Å²) in [5, 5.41) is 1.90. The van der Waals surface area contributed by atoms with Crippen LogP contribution in [0.25, 0.3) is 6.58 Å². The second kappa shape index (κ2) is 4.22. The van der Waals surface area contributed by atoms with E-state index in [2.05, 4.69) is 18.5 Å². The molecular weight excluding hydrogens is 222 g/mol. The molecule has 1 heterocycles. The molecule has 0 unspecified atom stereocenters. The second-order valence-corrected chi connectivity index (χ2v) is 4.26.